The van der Waals surface area contributed by atoms with Crippen LogP contribution in [0.3, 0.4) is 0 Å². The highest BCUT2D eigenvalue weighted by Gasteiger charge is 2.37. The van der Waals surface area contributed by atoms with Gasteiger partial charge in [-0.2, -0.15) is 4.31 Å². The molecule has 1 atom stereocenters. The molecule has 1 aliphatic heterocycles. The lowest BCUT2D eigenvalue weighted by atomic mass is 10.2. The van der Waals surface area contributed by atoms with E-state index in [0.717, 1.165) is 11.4 Å². The van der Waals surface area contributed by atoms with Crippen LogP contribution in [0.15, 0.2) is 0 Å². The Kier molecular flexibility index (Phi) is 5.05. The normalized spacial score (nSPS) is 21.3. The molecule has 1 rings (SSSR count). The third-order valence-corrected chi connectivity index (χ3v) is 4.38. The number of amides is 1. The first kappa shape index (κ1) is 14.9. The molecule has 0 aromatic carbocycles. The third-order valence-electron chi connectivity index (χ3n) is 2.63. The van der Waals surface area contributed by atoms with Crippen LogP contribution in [0.25, 0.3) is 0 Å². The molecule has 0 radical (unpaired) electrons. The first-order chi connectivity index (χ1) is 8.42. The van der Waals surface area contributed by atoms with Gasteiger partial charge in [-0.1, -0.05) is 0 Å². The number of carbonyl (C=O) groups is 2. The average molecular weight is 279 g/mol. The van der Waals surface area contributed by atoms with Crippen molar-refractivity contribution in [2.24, 2.45) is 0 Å². The molecule has 0 saturated carbocycles. The van der Waals surface area contributed by atoms with Gasteiger partial charge in [-0.15, -0.1) is 0 Å². The maximum atomic E-state index is 12.0. The monoisotopic (exact) mass is 279 g/mol. The van der Waals surface area contributed by atoms with Crippen LogP contribution in [-0.2, 0) is 24.3 Å². The fourth-order valence-electron chi connectivity index (χ4n) is 1.70. The molecular weight excluding hydrogens is 262 g/mol. The van der Waals surface area contributed by atoms with E-state index in [0.29, 0.717) is 6.54 Å². The Labute approximate surface area is 106 Å². The summed E-state index contributed by atoms with van der Waals surface area (Å²) in [4.78, 5) is 22.7. The Hall–Kier alpha value is -1.19. The molecule has 1 saturated heterocycles. The first-order valence-corrected chi connectivity index (χ1v) is 7.02. The summed E-state index contributed by atoms with van der Waals surface area (Å²) in [5, 5.41) is 5.34. The van der Waals surface area contributed by atoms with E-state index in [1.54, 1.807) is 0 Å². The predicted octanol–water partition coefficient (Wildman–Crippen LogP) is -2.49. The number of esters is 1. The number of rotatable bonds is 4. The number of piperazine rings is 1. The molecule has 1 fully saturated rings. The molecule has 2 N–H and O–H groups in total. The Morgan fingerprint density at radius 3 is 2.72 bits per heavy atom. The minimum atomic E-state index is -3.84. The van der Waals surface area contributed by atoms with Crippen LogP contribution in [0.5, 0.6) is 0 Å². The van der Waals surface area contributed by atoms with E-state index in [4.69, 9.17) is 0 Å². The minimum absolute atomic E-state index is 0.150. The van der Waals surface area contributed by atoms with Crippen molar-refractivity contribution >= 4 is 21.9 Å². The fraction of sp³-hybridized carbons (Fsp3) is 0.778. The Morgan fingerprint density at radius 2 is 2.17 bits per heavy atom. The quantitative estimate of drug-likeness (QED) is 0.552. The van der Waals surface area contributed by atoms with Crippen molar-refractivity contribution < 1.29 is 22.7 Å². The Balaban J connectivity index is 2.89. The maximum Gasteiger partial charge on any atom is 0.322 e. The van der Waals surface area contributed by atoms with Gasteiger partial charge in [0, 0.05) is 26.7 Å². The lowest BCUT2D eigenvalue weighted by Crippen LogP contribution is -2.59. The number of hydrogen-bond acceptors (Lipinski definition) is 6. The lowest BCUT2D eigenvalue weighted by Gasteiger charge is -2.33. The number of sulfonamides is 1. The Morgan fingerprint density at radius 1 is 1.50 bits per heavy atom. The van der Waals surface area contributed by atoms with Gasteiger partial charge in [0.2, 0.25) is 15.9 Å². The van der Waals surface area contributed by atoms with Crippen molar-refractivity contribution in [1.82, 2.24) is 14.9 Å². The van der Waals surface area contributed by atoms with Crippen molar-refractivity contribution in [2.45, 2.75) is 6.04 Å². The summed E-state index contributed by atoms with van der Waals surface area (Å²) >= 11 is 0. The van der Waals surface area contributed by atoms with E-state index in [1.165, 1.54) is 7.05 Å². The summed E-state index contributed by atoms with van der Waals surface area (Å²) in [7, 11) is -1.29. The van der Waals surface area contributed by atoms with Gasteiger partial charge >= 0.3 is 5.97 Å². The number of carbonyl (C=O) groups excluding carboxylic acids is 2. The van der Waals surface area contributed by atoms with Gasteiger partial charge in [0.1, 0.15) is 6.04 Å². The van der Waals surface area contributed by atoms with Crippen molar-refractivity contribution in [3.05, 3.63) is 0 Å². The van der Waals surface area contributed by atoms with Crippen LogP contribution in [-0.4, -0.2) is 70.2 Å². The number of hydrogen-bond donors (Lipinski definition) is 2. The van der Waals surface area contributed by atoms with Crippen LogP contribution >= 0.6 is 0 Å². The van der Waals surface area contributed by atoms with E-state index >= 15 is 0 Å². The molecule has 9 heteroatoms. The smallest absolute Gasteiger partial charge is 0.322 e. The largest absolute Gasteiger partial charge is 0.468 e. The van der Waals surface area contributed by atoms with E-state index in [2.05, 4.69) is 15.4 Å². The molecule has 0 aromatic heterocycles. The second-order valence-electron chi connectivity index (χ2n) is 3.78. The molecule has 1 amide bonds. The van der Waals surface area contributed by atoms with Crippen molar-refractivity contribution in [2.75, 3.05) is 39.5 Å². The second-order valence-corrected chi connectivity index (χ2v) is 5.70. The van der Waals surface area contributed by atoms with Gasteiger partial charge in [0.05, 0.1) is 7.11 Å². The molecule has 0 aromatic rings. The van der Waals surface area contributed by atoms with Gasteiger partial charge in [-0.25, -0.2) is 8.42 Å². The van der Waals surface area contributed by atoms with E-state index in [1.807, 2.05) is 0 Å². The van der Waals surface area contributed by atoms with Crippen molar-refractivity contribution in [1.29, 1.82) is 0 Å². The van der Waals surface area contributed by atoms with Gasteiger partial charge in [-0.05, 0) is 0 Å². The SMILES string of the molecule is CNC(=O)C1CNCCN1S(=O)(=O)CC(=O)OC. The van der Waals surface area contributed by atoms with Crippen LogP contribution in [0.1, 0.15) is 0 Å². The molecule has 8 nitrogen and oxygen atoms in total. The number of methoxy groups -OCH3 is 1. The molecule has 1 heterocycles. The summed E-state index contributed by atoms with van der Waals surface area (Å²) < 4.78 is 29.4. The number of likely N-dealkylation sites (N-methyl/N-ethyl adjacent to an activating group) is 1. The zero-order chi connectivity index (χ0) is 13.8. The summed E-state index contributed by atoms with van der Waals surface area (Å²) in [6.45, 7) is 0.811. The fourth-order valence-corrected chi connectivity index (χ4v) is 3.21. The van der Waals surface area contributed by atoms with E-state index in [9.17, 15) is 18.0 Å². The molecule has 1 aliphatic rings. The van der Waals surface area contributed by atoms with Crippen LogP contribution in [0.4, 0.5) is 0 Å². The molecule has 18 heavy (non-hydrogen) atoms. The minimum Gasteiger partial charge on any atom is -0.468 e. The summed E-state index contributed by atoms with van der Waals surface area (Å²) in [6.07, 6.45) is 0. The summed E-state index contributed by atoms with van der Waals surface area (Å²) in [5.74, 6) is -2.00. The molecular formula is C9H17N3O5S. The standard InChI is InChI=1S/C9H17N3O5S/c1-10-9(14)7-5-11-3-4-12(7)18(15,16)6-8(13)17-2/h7,11H,3-6H2,1-2H3,(H,10,14). The van der Waals surface area contributed by atoms with Gasteiger partial charge in [-0.3, -0.25) is 9.59 Å². The van der Waals surface area contributed by atoms with Crippen LogP contribution in [0, 0.1) is 0 Å². The number of nitrogens with zero attached hydrogens (tertiary/aromatic N) is 1. The van der Waals surface area contributed by atoms with Crippen molar-refractivity contribution in [3.63, 3.8) is 0 Å². The van der Waals surface area contributed by atoms with Crippen LogP contribution in [0.2, 0.25) is 0 Å². The highest BCUT2D eigenvalue weighted by Crippen LogP contribution is 2.11. The molecule has 0 bridgehead atoms. The number of nitrogens with one attached hydrogen (secondary N) is 2. The molecule has 104 valence electrons. The van der Waals surface area contributed by atoms with Gasteiger partial charge in [0.15, 0.2) is 5.75 Å². The highest BCUT2D eigenvalue weighted by molar-refractivity contribution is 7.89. The topological polar surface area (TPSA) is 105 Å². The molecule has 0 spiro atoms. The average Bonchev–Trinajstić information content (AvgIpc) is 2.37. The Bertz CT molecular complexity index is 422. The van der Waals surface area contributed by atoms with Gasteiger partial charge < -0.3 is 15.4 Å². The van der Waals surface area contributed by atoms with Gasteiger partial charge in [0.25, 0.3) is 0 Å². The molecule has 0 aliphatic carbocycles. The van der Waals surface area contributed by atoms with Crippen molar-refractivity contribution in [3.8, 4) is 0 Å². The second kappa shape index (κ2) is 6.12. The first-order valence-electron chi connectivity index (χ1n) is 5.41. The maximum absolute atomic E-state index is 12.0. The van der Waals surface area contributed by atoms with E-state index in [-0.39, 0.29) is 13.1 Å². The predicted molar refractivity (Wildman–Crippen MR) is 63.2 cm³/mol. The zero-order valence-electron chi connectivity index (χ0n) is 10.3. The lowest BCUT2D eigenvalue weighted by molar-refractivity contribution is -0.137. The van der Waals surface area contributed by atoms with E-state index < -0.39 is 33.7 Å². The summed E-state index contributed by atoms with van der Waals surface area (Å²) in [5.41, 5.74) is 0. The summed E-state index contributed by atoms with van der Waals surface area (Å²) in [6, 6.07) is -0.835. The third kappa shape index (κ3) is 3.40. The molecule has 1 unspecified atom stereocenters. The van der Waals surface area contributed by atoms with Crippen LogP contribution < -0.4 is 10.6 Å². The highest BCUT2D eigenvalue weighted by atomic mass is 32.2. The number of ether oxygens (including phenoxy) is 1. The zero-order valence-corrected chi connectivity index (χ0v) is 11.1.